The summed E-state index contributed by atoms with van der Waals surface area (Å²) in [6.45, 7) is 7.66. The molecule has 1 aliphatic heterocycles. The lowest BCUT2D eigenvalue weighted by molar-refractivity contribution is -0.0328. The van der Waals surface area contributed by atoms with E-state index in [0.717, 1.165) is 38.2 Å². The monoisotopic (exact) mass is 377 g/mol. The van der Waals surface area contributed by atoms with Crippen molar-refractivity contribution in [2.75, 3.05) is 26.2 Å². The summed E-state index contributed by atoms with van der Waals surface area (Å²) >= 11 is 2.07. The van der Waals surface area contributed by atoms with Gasteiger partial charge in [0.05, 0.1) is 15.9 Å². The van der Waals surface area contributed by atoms with Crippen LogP contribution in [-0.2, 0) is 11.2 Å². The summed E-state index contributed by atoms with van der Waals surface area (Å²) in [6, 6.07) is 0. The Morgan fingerprint density at radius 3 is 3.00 bits per heavy atom. The minimum Gasteiger partial charge on any atom is -0.368 e. The summed E-state index contributed by atoms with van der Waals surface area (Å²) in [4.78, 5) is 21.7. The fourth-order valence-corrected chi connectivity index (χ4v) is 2.76. The maximum absolute atomic E-state index is 12.0. The van der Waals surface area contributed by atoms with Crippen LogP contribution in [0, 0.1) is 3.57 Å². The van der Waals surface area contributed by atoms with Crippen LogP contribution >= 0.6 is 22.6 Å². The van der Waals surface area contributed by atoms with Gasteiger partial charge >= 0.3 is 0 Å². The maximum atomic E-state index is 12.0. The first-order chi connectivity index (χ1) is 9.15. The second kappa shape index (κ2) is 6.81. The number of ether oxygens (including phenoxy) is 1. The quantitative estimate of drug-likeness (QED) is 0.812. The fourth-order valence-electron chi connectivity index (χ4n) is 2.23. The summed E-state index contributed by atoms with van der Waals surface area (Å²) in [5.74, 6) is 0.673. The third-order valence-corrected chi connectivity index (χ3v) is 4.45. The smallest absolute Gasteiger partial charge is 0.264 e. The van der Waals surface area contributed by atoms with Gasteiger partial charge in [-0.05, 0) is 35.6 Å². The number of aromatic nitrogens is 2. The lowest BCUT2D eigenvalue weighted by Gasteiger charge is -2.31. The number of aryl methyl sites for hydroxylation is 1. The third-order valence-electron chi connectivity index (χ3n) is 3.34. The van der Waals surface area contributed by atoms with Crippen LogP contribution < -0.4 is 5.56 Å². The van der Waals surface area contributed by atoms with Crippen molar-refractivity contribution in [2.45, 2.75) is 32.8 Å². The van der Waals surface area contributed by atoms with Gasteiger partial charge in [0.15, 0.2) is 0 Å². The summed E-state index contributed by atoms with van der Waals surface area (Å²) in [5.41, 5.74) is 0.838. The van der Waals surface area contributed by atoms with Crippen molar-refractivity contribution in [3.05, 3.63) is 25.4 Å². The van der Waals surface area contributed by atoms with E-state index in [-0.39, 0.29) is 11.7 Å². The van der Waals surface area contributed by atoms with Crippen molar-refractivity contribution in [3.8, 4) is 0 Å². The zero-order chi connectivity index (χ0) is 13.8. The van der Waals surface area contributed by atoms with Gasteiger partial charge in [-0.25, -0.2) is 4.98 Å². The predicted molar refractivity (Wildman–Crippen MR) is 82.4 cm³/mol. The highest BCUT2D eigenvalue weighted by molar-refractivity contribution is 14.1. The second-order valence-electron chi connectivity index (χ2n) is 4.71. The number of nitrogens with zero attached hydrogens (tertiary/aromatic N) is 2. The van der Waals surface area contributed by atoms with Gasteiger partial charge < -0.3 is 9.72 Å². The van der Waals surface area contributed by atoms with E-state index in [1.54, 1.807) is 0 Å². The molecule has 1 unspecified atom stereocenters. The van der Waals surface area contributed by atoms with Crippen molar-refractivity contribution in [1.29, 1.82) is 0 Å². The number of hydrogen-bond acceptors (Lipinski definition) is 4. The molecule has 0 aromatic carbocycles. The molecule has 1 aromatic rings. The second-order valence-corrected chi connectivity index (χ2v) is 5.79. The van der Waals surface area contributed by atoms with E-state index in [4.69, 9.17) is 4.74 Å². The molecule has 6 heteroatoms. The molecule has 0 radical (unpaired) electrons. The number of H-pyrrole nitrogens is 1. The third kappa shape index (κ3) is 3.55. The molecule has 0 bridgehead atoms. The number of halogens is 1. The zero-order valence-corrected chi connectivity index (χ0v) is 13.6. The van der Waals surface area contributed by atoms with Gasteiger partial charge in [0.25, 0.3) is 5.56 Å². The number of nitrogens with one attached hydrogen (secondary N) is 1. The van der Waals surface area contributed by atoms with E-state index in [1.807, 2.05) is 0 Å². The normalized spacial score (nSPS) is 20.7. The Balaban J connectivity index is 2.26. The van der Waals surface area contributed by atoms with Crippen molar-refractivity contribution in [2.24, 2.45) is 0 Å². The first kappa shape index (κ1) is 14.9. The van der Waals surface area contributed by atoms with Crippen LogP contribution in [0.25, 0.3) is 0 Å². The first-order valence-electron chi connectivity index (χ1n) is 6.78. The number of hydrogen-bond donors (Lipinski definition) is 1. The Morgan fingerprint density at radius 1 is 1.53 bits per heavy atom. The molecule has 0 saturated carbocycles. The lowest BCUT2D eigenvalue weighted by atomic mass is 10.2. The summed E-state index contributed by atoms with van der Waals surface area (Å²) in [7, 11) is 0. The lowest BCUT2D eigenvalue weighted by Crippen LogP contribution is -2.39. The van der Waals surface area contributed by atoms with Crippen LogP contribution in [0.3, 0.4) is 0 Å². The van der Waals surface area contributed by atoms with E-state index in [1.165, 1.54) is 0 Å². The van der Waals surface area contributed by atoms with Gasteiger partial charge in [-0.1, -0.05) is 20.3 Å². The van der Waals surface area contributed by atoms with E-state index < -0.39 is 0 Å². The average Bonchev–Trinajstić information content (AvgIpc) is 2.44. The van der Waals surface area contributed by atoms with Crippen molar-refractivity contribution in [1.82, 2.24) is 14.9 Å². The van der Waals surface area contributed by atoms with Crippen LogP contribution in [0.2, 0.25) is 0 Å². The predicted octanol–water partition coefficient (Wildman–Crippen LogP) is 1.72. The topological polar surface area (TPSA) is 58.2 Å². The number of morpholine rings is 1. The standard InChI is InChI=1S/C13H20IN3O2/c1-3-5-9-11(14)13(18)16-12(15-9)10-8-17(4-2)6-7-19-10/h10H,3-8H2,1-2H3,(H,15,16,18). The largest absolute Gasteiger partial charge is 0.368 e. The minimum absolute atomic E-state index is 0.0497. The van der Waals surface area contributed by atoms with Crippen LogP contribution in [0.1, 0.15) is 37.9 Å². The number of aromatic amines is 1. The van der Waals surface area contributed by atoms with Crippen molar-refractivity contribution in [3.63, 3.8) is 0 Å². The Morgan fingerprint density at radius 2 is 2.32 bits per heavy atom. The molecule has 0 amide bonds. The molecule has 2 heterocycles. The van der Waals surface area contributed by atoms with E-state index in [0.29, 0.717) is 16.0 Å². The van der Waals surface area contributed by atoms with Gasteiger partial charge in [0, 0.05) is 13.1 Å². The fraction of sp³-hybridized carbons (Fsp3) is 0.692. The molecule has 19 heavy (non-hydrogen) atoms. The molecule has 1 atom stereocenters. The number of likely N-dealkylation sites (N-methyl/N-ethyl adjacent to an activating group) is 1. The van der Waals surface area contributed by atoms with Crippen LogP contribution in [0.15, 0.2) is 4.79 Å². The highest BCUT2D eigenvalue weighted by Crippen LogP contribution is 2.19. The van der Waals surface area contributed by atoms with Crippen LogP contribution in [-0.4, -0.2) is 41.1 Å². The molecule has 5 nitrogen and oxygen atoms in total. The molecule has 0 aliphatic carbocycles. The molecule has 2 rings (SSSR count). The van der Waals surface area contributed by atoms with Gasteiger partial charge in [-0.3, -0.25) is 9.69 Å². The summed E-state index contributed by atoms with van der Waals surface area (Å²) in [6.07, 6.45) is 1.70. The Labute approximate surface area is 126 Å². The molecule has 1 N–H and O–H groups in total. The van der Waals surface area contributed by atoms with Gasteiger partial charge in [-0.15, -0.1) is 0 Å². The highest BCUT2D eigenvalue weighted by Gasteiger charge is 2.24. The van der Waals surface area contributed by atoms with E-state index in [2.05, 4.69) is 51.3 Å². The SMILES string of the molecule is CCCc1nc(C2CN(CC)CCO2)[nH]c(=O)c1I. The molecule has 1 fully saturated rings. The van der Waals surface area contributed by atoms with Gasteiger partial charge in [0.2, 0.25) is 0 Å². The molecular formula is C13H20IN3O2. The average molecular weight is 377 g/mol. The highest BCUT2D eigenvalue weighted by atomic mass is 127. The molecule has 1 aliphatic rings. The van der Waals surface area contributed by atoms with E-state index in [9.17, 15) is 4.79 Å². The van der Waals surface area contributed by atoms with Crippen LogP contribution in [0.4, 0.5) is 0 Å². The Bertz CT molecular complexity index is 489. The number of rotatable bonds is 4. The zero-order valence-electron chi connectivity index (χ0n) is 11.4. The van der Waals surface area contributed by atoms with Crippen molar-refractivity contribution >= 4 is 22.6 Å². The molecular weight excluding hydrogens is 357 g/mol. The Kier molecular flexibility index (Phi) is 5.35. The van der Waals surface area contributed by atoms with Gasteiger partial charge in [0.1, 0.15) is 11.9 Å². The molecule has 1 aromatic heterocycles. The minimum atomic E-state index is -0.117. The molecule has 1 saturated heterocycles. The first-order valence-corrected chi connectivity index (χ1v) is 7.86. The molecule has 106 valence electrons. The van der Waals surface area contributed by atoms with E-state index >= 15 is 0 Å². The van der Waals surface area contributed by atoms with Crippen molar-refractivity contribution < 1.29 is 4.74 Å². The Hall–Kier alpha value is -0.470. The van der Waals surface area contributed by atoms with Gasteiger partial charge in [-0.2, -0.15) is 0 Å². The maximum Gasteiger partial charge on any atom is 0.264 e. The molecule has 0 spiro atoms. The summed E-state index contributed by atoms with van der Waals surface area (Å²) < 4.78 is 6.45. The van der Waals surface area contributed by atoms with Crippen LogP contribution in [0.5, 0.6) is 0 Å². The summed E-state index contributed by atoms with van der Waals surface area (Å²) in [5, 5.41) is 0.